The third kappa shape index (κ3) is 16.9. The van der Waals surface area contributed by atoms with E-state index in [1.165, 1.54) is 46.2 Å². The molecule has 0 fully saturated rings. The molecule has 336 valence electrons. The van der Waals surface area contributed by atoms with Crippen molar-refractivity contribution >= 4 is 90.8 Å². The summed E-state index contributed by atoms with van der Waals surface area (Å²) in [6.45, 7) is -0.796. The molecule has 6 rings (SSSR count). The Morgan fingerprint density at radius 1 is 0.433 bits per heavy atom. The largest absolute Gasteiger partial charge is 1.00 e. The Morgan fingerprint density at radius 2 is 0.731 bits per heavy atom. The number of hydrogen-bond donors (Lipinski definition) is 10. The molecule has 0 aliphatic carbocycles. The SMILES string of the molecule is O=S(=O)(O)c1cc(Nc2nc(Nc3ccccc3)nc(N(CCO)CCO)n2)ccc1C=Cc1ccc(Nc2nc(Nc3ccccc3)nc(N(CCO)CCO)n2)cc1S(=O)(=O)O.[Na+].[Na+].[Na+]. The zero-order chi connectivity index (χ0) is 45.7. The van der Waals surface area contributed by atoms with Crippen molar-refractivity contribution in [1.82, 2.24) is 29.9 Å². The molecule has 6 aromatic rings. The van der Waals surface area contributed by atoms with Crippen LogP contribution >= 0.6 is 0 Å². The van der Waals surface area contributed by atoms with E-state index < -0.39 is 30.0 Å². The second kappa shape index (κ2) is 27.3. The molecule has 4 aromatic carbocycles. The van der Waals surface area contributed by atoms with E-state index in [0.717, 1.165) is 12.1 Å². The van der Waals surface area contributed by atoms with E-state index in [0.29, 0.717) is 11.4 Å². The molecule has 67 heavy (non-hydrogen) atoms. The molecule has 0 saturated heterocycles. The molecule has 2 aromatic heterocycles. The summed E-state index contributed by atoms with van der Waals surface area (Å²) >= 11 is 0. The summed E-state index contributed by atoms with van der Waals surface area (Å²) in [7, 11) is -9.82. The van der Waals surface area contributed by atoms with Crippen LogP contribution in [0.1, 0.15) is 11.1 Å². The van der Waals surface area contributed by atoms with Gasteiger partial charge < -0.3 is 51.5 Å². The number of nitrogens with one attached hydrogen (secondary N) is 4. The molecule has 2 heterocycles. The molecular formula is C40H44N12Na3O10S2+3. The third-order valence-corrected chi connectivity index (χ3v) is 10.7. The first-order valence-corrected chi connectivity index (χ1v) is 22.2. The van der Waals surface area contributed by atoms with Gasteiger partial charge in [0, 0.05) is 48.9 Å². The van der Waals surface area contributed by atoms with Gasteiger partial charge in [0.1, 0.15) is 9.79 Å². The van der Waals surface area contributed by atoms with Crippen molar-refractivity contribution in [1.29, 1.82) is 0 Å². The molecule has 0 aliphatic heterocycles. The number of aromatic nitrogens is 6. The van der Waals surface area contributed by atoms with Gasteiger partial charge in [0.25, 0.3) is 20.2 Å². The molecule has 0 spiro atoms. The van der Waals surface area contributed by atoms with Crippen LogP contribution in [-0.4, -0.2) is 129 Å². The summed E-state index contributed by atoms with van der Waals surface area (Å²) < 4.78 is 71.5. The number of para-hydroxylation sites is 2. The van der Waals surface area contributed by atoms with E-state index in [4.69, 9.17) is 0 Å². The number of nitrogens with zero attached hydrogens (tertiary/aromatic N) is 8. The van der Waals surface area contributed by atoms with Crippen LogP contribution in [0, 0.1) is 0 Å². The summed E-state index contributed by atoms with van der Waals surface area (Å²) in [6.07, 6.45) is 2.45. The molecule has 0 aliphatic rings. The molecule has 0 bridgehead atoms. The molecule has 0 atom stereocenters. The fourth-order valence-corrected chi connectivity index (χ4v) is 7.45. The van der Waals surface area contributed by atoms with E-state index in [2.05, 4.69) is 51.2 Å². The summed E-state index contributed by atoms with van der Waals surface area (Å²) in [5, 5.41) is 50.4. The molecule has 10 N–H and O–H groups in total. The van der Waals surface area contributed by atoms with Crippen molar-refractivity contribution in [2.75, 3.05) is 83.7 Å². The van der Waals surface area contributed by atoms with Crippen LogP contribution in [0.5, 0.6) is 0 Å². The van der Waals surface area contributed by atoms with Gasteiger partial charge in [-0.2, -0.15) is 46.7 Å². The predicted molar refractivity (Wildman–Crippen MR) is 240 cm³/mol. The smallest absolute Gasteiger partial charge is 0.395 e. The van der Waals surface area contributed by atoms with Gasteiger partial charge >= 0.3 is 88.7 Å². The Labute approximate surface area is 452 Å². The zero-order valence-corrected chi connectivity index (χ0v) is 44.4. The number of aliphatic hydroxyl groups excluding tert-OH is 4. The van der Waals surface area contributed by atoms with Crippen molar-refractivity contribution in [3.05, 3.63) is 108 Å². The summed E-state index contributed by atoms with van der Waals surface area (Å²) in [5.74, 6) is 0.187. The average Bonchev–Trinajstić information content (AvgIpc) is 3.26. The van der Waals surface area contributed by atoms with Gasteiger partial charge in [0.05, 0.1) is 26.4 Å². The first-order chi connectivity index (χ1) is 30.8. The molecule has 0 amide bonds. The van der Waals surface area contributed by atoms with Crippen molar-refractivity contribution in [2.24, 2.45) is 0 Å². The first-order valence-electron chi connectivity index (χ1n) is 19.3. The summed E-state index contributed by atoms with van der Waals surface area (Å²) in [5.41, 5.74) is 1.36. The van der Waals surface area contributed by atoms with E-state index in [9.17, 15) is 46.4 Å². The van der Waals surface area contributed by atoms with Crippen LogP contribution in [0.2, 0.25) is 0 Å². The van der Waals surface area contributed by atoms with Crippen LogP contribution in [-0.2, 0) is 20.2 Å². The fraction of sp³-hybridized carbons (Fsp3) is 0.200. The van der Waals surface area contributed by atoms with E-state index in [1.54, 1.807) is 48.5 Å². The van der Waals surface area contributed by atoms with Gasteiger partial charge in [-0.15, -0.1) is 0 Å². The Morgan fingerprint density at radius 3 is 1.01 bits per heavy atom. The van der Waals surface area contributed by atoms with Gasteiger partial charge in [0.2, 0.25) is 35.7 Å². The van der Waals surface area contributed by atoms with Gasteiger partial charge in [-0.1, -0.05) is 60.7 Å². The number of hydrogen-bond acceptors (Lipinski definition) is 20. The maximum absolute atomic E-state index is 12.7. The average molecular weight is 986 g/mol. The monoisotopic (exact) mass is 985 g/mol. The Bertz CT molecular complexity index is 2590. The van der Waals surface area contributed by atoms with Gasteiger partial charge in [-0.05, 0) is 59.7 Å². The zero-order valence-electron chi connectivity index (χ0n) is 36.8. The van der Waals surface area contributed by atoms with Gasteiger partial charge in [-0.25, -0.2) is 0 Å². The van der Waals surface area contributed by atoms with Crippen LogP contribution in [0.15, 0.2) is 107 Å². The first kappa shape index (κ1) is 57.4. The predicted octanol–water partition coefficient (Wildman–Crippen LogP) is -5.71. The summed E-state index contributed by atoms with van der Waals surface area (Å²) in [4.78, 5) is 28.3. The van der Waals surface area contributed by atoms with Gasteiger partial charge in [0.15, 0.2) is 0 Å². The number of rotatable bonds is 22. The number of benzene rings is 4. The topological polar surface area (TPSA) is 322 Å². The minimum absolute atomic E-state index is 0. The maximum Gasteiger partial charge on any atom is 1.00 e. The Balaban J connectivity index is 0.00000397. The van der Waals surface area contributed by atoms with E-state index in [1.807, 2.05) is 12.1 Å². The van der Waals surface area contributed by atoms with Gasteiger partial charge in [-0.3, -0.25) is 9.11 Å². The quantitative estimate of drug-likeness (QED) is 0.0172. The van der Waals surface area contributed by atoms with Crippen molar-refractivity contribution in [3.8, 4) is 0 Å². The van der Waals surface area contributed by atoms with E-state index >= 15 is 0 Å². The molecule has 0 unspecified atom stereocenters. The minimum Gasteiger partial charge on any atom is -0.395 e. The second-order valence-electron chi connectivity index (χ2n) is 13.5. The fourth-order valence-electron chi connectivity index (χ4n) is 6.03. The van der Waals surface area contributed by atoms with Crippen LogP contribution < -0.4 is 120 Å². The number of aliphatic hydroxyl groups is 4. The third-order valence-electron chi connectivity index (χ3n) is 8.89. The Kier molecular flexibility index (Phi) is 23.4. The molecular weight excluding hydrogens is 942 g/mol. The molecule has 0 radical (unpaired) electrons. The Hall–Kier alpha value is -3.90. The maximum atomic E-state index is 12.7. The normalized spacial score (nSPS) is 11.1. The van der Waals surface area contributed by atoms with Crippen molar-refractivity contribution in [2.45, 2.75) is 9.79 Å². The second-order valence-corrected chi connectivity index (χ2v) is 16.2. The summed E-state index contributed by atoms with van der Waals surface area (Å²) in [6, 6.07) is 25.7. The van der Waals surface area contributed by atoms with E-state index in [-0.39, 0.29) is 199 Å². The van der Waals surface area contributed by atoms with Crippen molar-refractivity contribution < 1.29 is 135 Å². The number of anilines is 10. The minimum atomic E-state index is -4.91. The molecule has 0 saturated carbocycles. The van der Waals surface area contributed by atoms with Crippen LogP contribution in [0.3, 0.4) is 0 Å². The van der Waals surface area contributed by atoms with Crippen LogP contribution in [0.25, 0.3) is 12.2 Å². The van der Waals surface area contributed by atoms with Crippen LogP contribution in [0.4, 0.5) is 58.4 Å². The molecule has 22 nitrogen and oxygen atoms in total. The standard InChI is InChI=1S/C40H44N12O10S2.3Na/c53-21-17-51(18-22-54)39-47-35(41-29-7-3-1-4-8-29)45-37(49-39)43-31-15-13-27(33(25-31)63(57,58)59)11-12-28-14-16-32(26-34(28)64(60,61)62)44-38-46-36(42-30-9-5-2-6-10-30)48-40(50-38)52(19-23-55)20-24-56;;;/h1-16,25-26,53-56H,17-24H2,(H,57,58,59)(H,60,61,62)(H2,41,43,45,47,49)(H2,42,44,46,48,50);;;/q;3*+1. The molecule has 27 heteroatoms. The van der Waals surface area contributed by atoms with Crippen molar-refractivity contribution in [3.63, 3.8) is 0 Å².